The minimum atomic E-state index is -0.413. The van der Waals surface area contributed by atoms with Crippen LogP contribution in [0.5, 0.6) is 5.75 Å². The van der Waals surface area contributed by atoms with Crippen molar-refractivity contribution in [1.29, 1.82) is 0 Å². The Morgan fingerprint density at radius 2 is 2.04 bits per heavy atom. The highest BCUT2D eigenvalue weighted by Crippen LogP contribution is 2.25. The summed E-state index contributed by atoms with van der Waals surface area (Å²) in [4.78, 5) is 15.1. The molecule has 24 heavy (non-hydrogen) atoms. The summed E-state index contributed by atoms with van der Waals surface area (Å²) in [6, 6.07) is 6.64. The number of hydrogen-bond donors (Lipinski definition) is 1. The fourth-order valence-corrected chi connectivity index (χ4v) is 3.64. The van der Waals surface area contributed by atoms with Crippen molar-refractivity contribution in [2.75, 3.05) is 39.3 Å². The molecule has 1 N–H and O–H groups in total. The average Bonchev–Trinajstić information content (AvgIpc) is 3.02. The lowest BCUT2D eigenvalue weighted by atomic mass is 10.1. The van der Waals surface area contributed by atoms with Gasteiger partial charge in [0.15, 0.2) is 0 Å². The number of hydrogen-bond acceptors (Lipinski definition) is 6. The van der Waals surface area contributed by atoms with Crippen molar-refractivity contribution in [3.63, 3.8) is 0 Å². The maximum absolute atomic E-state index is 10.8. The van der Waals surface area contributed by atoms with Crippen LogP contribution in [0.3, 0.4) is 0 Å². The second kappa shape index (κ2) is 7.92. The predicted molar refractivity (Wildman–Crippen MR) is 90.3 cm³/mol. The van der Waals surface area contributed by atoms with Crippen molar-refractivity contribution in [3.05, 3.63) is 34.4 Å². The molecule has 1 aromatic rings. The summed E-state index contributed by atoms with van der Waals surface area (Å²) in [5.41, 5.74) is 0.0521. The molecule has 1 heterocycles. The Morgan fingerprint density at radius 1 is 1.25 bits per heavy atom. The van der Waals surface area contributed by atoms with E-state index in [-0.39, 0.29) is 11.8 Å². The van der Waals surface area contributed by atoms with Gasteiger partial charge in [0.1, 0.15) is 12.4 Å². The van der Waals surface area contributed by atoms with E-state index in [1.807, 2.05) is 0 Å². The minimum absolute atomic E-state index is 0.0521. The van der Waals surface area contributed by atoms with E-state index in [1.165, 1.54) is 12.1 Å². The van der Waals surface area contributed by atoms with Crippen molar-refractivity contribution in [1.82, 2.24) is 9.80 Å². The van der Waals surface area contributed by atoms with Crippen molar-refractivity contribution >= 4 is 5.69 Å². The largest absolute Gasteiger partial charge is 0.492 e. The van der Waals surface area contributed by atoms with Crippen LogP contribution in [0.1, 0.15) is 19.3 Å². The maximum Gasteiger partial charge on any atom is 0.273 e. The van der Waals surface area contributed by atoms with E-state index in [4.69, 9.17) is 4.74 Å². The summed E-state index contributed by atoms with van der Waals surface area (Å²) < 4.78 is 5.64. The smallest absolute Gasteiger partial charge is 0.273 e. The van der Waals surface area contributed by atoms with Gasteiger partial charge in [-0.05, 0) is 25.3 Å². The number of nitrogens with zero attached hydrogens (tertiary/aromatic N) is 3. The first kappa shape index (κ1) is 17.1. The second-order valence-corrected chi connectivity index (χ2v) is 6.55. The fraction of sp³-hybridized carbons (Fsp3) is 0.647. The number of nitro groups is 1. The molecule has 0 radical (unpaired) electrons. The van der Waals surface area contributed by atoms with Gasteiger partial charge in [-0.3, -0.25) is 19.9 Å². The third kappa shape index (κ3) is 4.23. The Balaban J connectivity index is 1.39. The van der Waals surface area contributed by atoms with E-state index < -0.39 is 4.92 Å². The summed E-state index contributed by atoms with van der Waals surface area (Å²) in [7, 11) is 0. The van der Waals surface area contributed by atoms with Gasteiger partial charge in [-0.1, -0.05) is 6.07 Å². The molecule has 0 amide bonds. The fourth-order valence-electron chi connectivity index (χ4n) is 3.64. The van der Waals surface area contributed by atoms with E-state index >= 15 is 0 Å². The van der Waals surface area contributed by atoms with Gasteiger partial charge in [0, 0.05) is 44.8 Å². The first-order valence-corrected chi connectivity index (χ1v) is 8.65. The molecule has 1 aliphatic carbocycles. The van der Waals surface area contributed by atoms with E-state index in [2.05, 4.69) is 9.80 Å². The van der Waals surface area contributed by atoms with Gasteiger partial charge in [-0.25, -0.2) is 0 Å². The predicted octanol–water partition coefficient (Wildman–Crippen LogP) is 1.50. The van der Waals surface area contributed by atoms with Crippen LogP contribution in [0.15, 0.2) is 24.3 Å². The molecule has 7 heteroatoms. The third-order valence-corrected chi connectivity index (χ3v) is 5.02. The van der Waals surface area contributed by atoms with Crippen LogP contribution in [0.25, 0.3) is 0 Å². The lowest BCUT2D eigenvalue weighted by Gasteiger charge is -2.39. The molecular formula is C17H25N3O4. The zero-order valence-corrected chi connectivity index (χ0v) is 13.8. The number of piperazine rings is 1. The molecule has 0 unspecified atom stereocenters. The van der Waals surface area contributed by atoms with Gasteiger partial charge in [-0.15, -0.1) is 0 Å². The molecule has 1 aliphatic heterocycles. The van der Waals surface area contributed by atoms with Crippen LogP contribution >= 0.6 is 0 Å². The van der Waals surface area contributed by atoms with Crippen LogP contribution in [0.4, 0.5) is 5.69 Å². The van der Waals surface area contributed by atoms with Crippen molar-refractivity contribution < 1.29 is 14.8 Å². The van der Waals surface area contributed by atoms with Crippen molar-refractivity contribution in [2.45, 2.75) is 31.4 Å². The van der Waals surface area contributed by atoms with Crippen LogP contribution < -0.4 is 4.74 Å². The van der Waals surface area contributed by atoms with E-state index in [0.717, 1.165) is 52.0 Å². The van der Waals surface area contributed by atoms with Gasteiger partial charge in [0.2, 0.25) is 0 Å². The number of non-ortho nitro benzene ring substituents is 1. The van der Waals surface area contributed by atoms with Gasteiger partial charge in [0.25, 0.3) is 5.69 Å². The lowest BCUT2D eigenvalue weighted by Crippen LogP contribution is -2.52. The molecule has 1 aromatic carbocycles. The maximum atomic E-state index is 10.8. The summed E-state index contributed by atoms with van der Waals surface area (Å²) in [5.74, 6) is 0.539. The van der Waals surface area contributed by atoms with Crippen LogP contribution in [-0.4, -0.2) is 71.3 Å². The Bertz CT molecular complexity index is 561. The van der Waals surface area contributed by atoms with Crippen LogP contribution in [-0.2, 0) is 0 Å². The van der Waals surface area contributed by atoms with E-state index in [0.29, 0.717) is 18.4 Å². The number of ether oxygens (including phenoxy) is 1. The first-order valence-electron chi connectivity index (χ1n) is 8.65. The molecule has 1 saturated carbocycles. The molecule has 2 aliphatic rings. The molecule has 2 atom stereocenters. The number of aliphatic hydroxyl groups excluding tert-OH is 1. The van der Waals surface area contributed by atoms with E-state index in [9.17, 15) is 15.2 Å². The molecule has 0 bridgehead atoms. The highest BCUT2D eigenvalue weighted by atomic mass is 16.6. The highest BCUT2D eigenvalue weighted by molar-refractivity contribution is 5.37. The Labute approximate surface area is 142 Å². The molecule has 2 fully saturated rings. The van der Waals surface area contributed by atoms with Crippen molar-refractivity contribution in [2.24, 2.45) is 0 Å². The van der Waals surface area contributed by atoms with Gasteiger partial charge < -0.3 is 9.84 Å². The Morgan fingerprint density at radius 3 is 2.71 bits per heavy atom. The normalized spacial score (nSPS) is 25.7. The Hall–Kier alpha value is -1.70. The van der Waals surface area contributed by atoms with Gasteiger partial charge in [0.05, 0.1) is 17.1 Å². The number of aliphatic hydroxyl groups is 1. The van der Waals surface area contributed by atoms with Crippen LogP contribution in [0, 0.1) is 10.1 Å². The molecule has 0 aromatic heterocycles. The van der Waals surface area contributed by atoms with Crippen molar-refractivity contribution in [3.8, 4) is 5.75 Å². The summed E-state index contributed by atoms with van der Waals surface area (Å²) in [5, 5.41) is 20.8. The number of nitro benzene ring substituents is 1. The quantitative estimate of drug-likeness (QED) is 0.627. The molecule has 0 spiro atoms. The van der Waals surface area contributed by atoms with E-state index in [1.54, 1.807) is 12.1 Å². The zero-order valence-electron chi connectivity index (χ0n) is 13.8. The lowest BCUT2D eigenvalue weighted by molar-refractivity contribution is -0.384. The third-order valence-electron chi connectivity index (χ3n) is 5.02. The topological polar surface area (TPSA) is 79.1 Å². The SMILES string of the molecule is O=[N+]([O-])c1cccc(OCCN2CCN([C@@H]3CCC[C@H]3O)CC2)c1. The standard InChI is InChI=1S/C17H25N3O4/c21-17-6-2-5-16(17)19-9-7-18(8-10-19)11-12-24-15-4-1-3-14(13-15)20(22)23/h1,3-4,13,16-17,21H,2,5-12H2/t16-,17-/m1/s1. The molecule has 3 rings (SSSR count). The monoisotopic (exact) mass is 335 g/mol. The number of rotatable bonds is 6. The molecule has 1 saturated heterocycles. The Kier molecular flexibility index (Phi) is 5.65. The first-order chi connectivity index (χ1) is 11.6. The summed E-state index contributed by atoms with van der Waals surface area (Å²) in [6.45, 7) is 5.25. The molecular weight excluding hydrogens is 310 g/mol. The number of benzene rings is 1. The van der Waals surface area contributed by atoms with Gasteiger partial charge >= 0.3 is 0 Å². The highest BCUT2D eigenvalue weighted by Gasteiger charge is 2.32. The van der Waals surface area contributed by atoms with Gasteiger partial charge in [-0.2, -0.15) is 0 Å². The second-order valence-electron chi connectivity index (χ2n) is 6.55. The van der Waals surface area contributed by atoms with Crippen LogP contribution in [0.2, 0.25) is 0 Å². The summed E-state index contributed by atoms with van der Waals surface area (Å²) >= 11 is 0. The molecule has 132 valence electrons. The molecule has 7 nitrogen and oxygen atoms in total. The zero-order chi connectivity index (χ0) is 16.9. The summed E-state index contributed by atoms with van der Waals surface area (Å²) in [6.07, 6.45) is 3.01. The minimum Gasteiger partial charge on any atom is -0.492 e. The average molecular weight is 335 g/mol.